The lowest BCUT2D eigenvalue weighted by Crippen LogP contribution is -2.36. The summed E-state index contributed by atoms with van der Waals surface area (Å²) in [6, 6.07) is 14.5. The summed E-state index contributed by atoms with van der Waals surface area (Å²) >= 11 is 0. The van der Waals surface area contributed by atoms with E-state index in [4.69, 9.17) is 4.74 Å². The average molecular weight is 486 g/mol. The van der Waals surface area contributed by atoms with Crippen LogP contribution in [0.2, 0.25) is 0 Å². The minimum atomic E-state index is -0.238. The van der Waals surface area contributed by atoms with Crippen LogP contribution in [0.4, 0.5) is 4.39 Å². The van der Waals surface area contributed by atoms with Crippen molar-refractivity contribution >= 4 is 29.9 Å². The Hall–Kier alpha value is -1.87. The van der Waals surface area contributed by atoms with Crippen LogP contribution in [0, 0.1) is 5.82 Å². The van der Waals surface area contributed by atoms with E-state index in [1.54, 1.807) is 13.1 Å². The smallest absolute Gasteiger partial charge is 0.191 e. The monoisotopic (exact) mass is 486 g/mol. The summed E-state index contributed by atoms with van der Waals surface area (Å²) in [6.45, 7) is 2.65. The minimum Gasteiger partial charge on any atom is -0.492 e. The van der Waals surface area contributed by atoms with Gasteiger partial charge >= 0.3 is 0 Å². The molecule has 0 saturated carbocycles. The number of benzene rings is 2. The fourth-order valence-electron chi connectivity index (χ4n) is 2.33. The van der Waals surface area contributed by atoms with Crippen LogP contribution in [0.3, 0.4) is 0 Å². The van der Waals surface area contributed by atoms with Crippen LogP contribution in [0.1, 0.15) is 11.1 Å². The molecule has 27 heavy (non-hydrogen) atoms. The molecule has 0 aliphatic carbocycles. The third-order valence-corrected chi connectivity index (χ3v) is 3.74. The van der Waals surface area contributed by atoms with Crippen molar-refractivity contribution in [3.8, 4) is 5.75 Å². The molecule has 0 saturated heterocycles. The normalized spacial score (nSPS) is 11.1. The molecule has 2 rings (SSSR count). The Morgan fingerprint density at radius 2 is 1.67 bits per heavy atom. The molecule has 2 aromatic rings. The van der Waals surface area contributed by atoms with Crippen LogP contribution in [-0.4, -0.2) is 45.2 Å². The molecule has 0 radical (unpaired) electrons. The molecular weight excluding hydrogens is 458 g/mol. The number of likely N-dealkylation sites (N-methyl/N-ethyl adjacent to an activating group) is 1. The second-order valence-electron chi connectivity index (χ2n) is 6.21. The van der Waals surface area contributed by atoms with Gasteiger partial charge in [-0.15, -0.1) is 24.0 Å². The van der Waals surface area contributed by atoms with E-state index in [1.807, 2.05) is 44.4 Å². The van der Waals surface area contributed by atoms with Gasteiger partial charge < -0.3 is 20.3 Å². The summed E-state index contributed by atoms with van der Waals surface area (Å²) in [5.41, 5.74) is 1.96. The molecule has 2 aromatic carbocycles. The topological polar surface area (TPSA) is 48.9 Å². The van der Waals surface area contributed by atoms with Crippen LogP contribution in [-0.2, 0) is 13.1 Å². The Morgan fingerprint density at radius 1 is 1.04 bits per heavy atom. The van der Waals surface area contributed by atoms with Crippen molar-refractivity contribution in [1.82, 2.24) is 15.5 Å². The fraction of sp³-hybridized carbons (Fsp3) is 0.350. The van der Waals surface area contributed by atoms with Gasteiger partial charge in [0.05, 0.1) is 0 Å². The van der Waals surface area contributed by atoms with E-state index >= 15 is 0 Å². The number of nitrogens with one attached hydrogen (secondary N) is 2. The van der Waals surface area contributed by atoms with Gasteiger partial charge in [-0.3, -0.25) is 4.99 Å². The van der Waals surface area contributed by atoms with Crippen molar-refractivity contribution in [2.24, 2.45) is 4.99 Å². The molecule has 0 fully saturated rings. The highest BCUT2D eigenvalue weighted by molar-refractivity contribution is 14.0. The Kier molecular flexibility index (Phi) is 10.7. The number of ether oxygens (including phenoxy) is 1. The molecule has 5 nitrogen and oxygen atoms in total. The molecule has 2 N–H and O–H groups in total. The maximum atomic E-state index is 13.2. The number of rotatable bonds is 8. The molecule has 7 heteroatoms. The van der Waals surface area contributed by atoms with Gasteiger partial charge in [-0.1, -0.05) is 24.3 Å². The summed E-state index contributed by atoms with van der Waals surface area (Å²) in [7, 11) is 5.75. The molecule has 0 aliphatic rings. The van der Waals surface area contributed by atoms with Crippen molar-refractivity contribution in [3.63, 3.8) is 0 Å². The van der Waals surface area contributed by atoms with Gasteiger partial charge in [-0.25, -0.2) is 4.39 Å². The molecule has 148 valence electrons. The predicted octanol–water partition coefficient (Wildman–Crippen LogP) is 3.25. The highest BCUT2D eigenvalue weighted by atomic mass is 127. The number of hydrogen-bond donors (Lipinski definition) is 2. The van der Waals surface area contributed by atoms with Gasteiger partial charge in [0, 0.05) is 26.7 Å². The molecule has 0 aliphatic heterocycles. The van der Waals surface area contributed by atoms with Gasteiger partial charge in [0.25, 0.3) is 0 Å². The van der Waals surface area contributed by atoms with Crippen LogP contribution < -0.4 is 15.4 Å². The van der Waals surface area contributed by atoms with E-state index in [9.17, 15) is 4.39 Å². The van der Waals surface area contributed by atoms with Gasteiger partial charge in [0.2, 0.25) is 0 Å². The molecule has 0 bridgehead atoms. The Morgan fingerprint density at radius 3 is 2.26 bits per heavy atom. The molecule has 0 spiro atoms. The van der Waals surface area contributed by atoms with Crippen LogP contribution in [0.5, 0.6) is 5.75 Å². The zero-order valence-corrected chi connectivity index (χ0v) is 18.4. The zero-order chi connectivity index (χ0) is 18.8. The Balaban J connectivity index is 0.00000364. The largest absolute Gasteiger partial charge is 0.492 e. The summed E-state index contributed by atoms with van der Waals surface area (Å²) in [5, 5.41) is 6.43. The number of aliphatic imine (C=N–C) groups is 1. The van der Waals surface area contributed by atoms with Crippen LogP contribution >= 0.6 is 24.0 Å². The van der Waals surface area contributed by atoms with E-state index in [1.165, 1.54) is 12.1 Å². The van der Waals surface area contributed by atoms with Crippen LogP contribution in [0.25, 0.3) is 0 Å². The van der Waals surface area contributed by atoms with Crippen molar-refractivity contribution in [2.45, 2.75) is 13.1 Å². The molecule has 0 amide bonds. The first-order chi connectivity index (χ1) is 12.6. The highest BCUT2D eigenvalue weighted by Gasteiger charge is 2.02. The van der Waals surface area contributed by atoms with Crippen LogP contribution in [0.15, 0.2) is 53.5 Å². The van der Waals surface area contributed by atoms with Gasteiger partial charge in [-0.05, 0) is 49.5 Å². The quantitative estimate of drug-likeness (QED) is 0.342. The zero-order valence-electron chi connectivity index (χ0n) is 16.0. The van der Waals surface area contributed by atoms with Gasteiger partial charge in [-0.2, -0.15) is 0 Å². The summed E-state index contributed by atoms with van der Waals surface area (Å²) < 4.78 is 19.0. The van der Waals surface area contributed by atoms with Crippen molar-refractivity contribution in [1.29, 1.82) is 0 Å². The number of nitrogens with zero attached hydrogens (tertiary/aromatic N) is 2. The third-order valence-electron chi connectivity index (χ3n) is 3.74. The Labute approximate surface area is 178 Å². The summed E-state index contributed by atoms with van der Waals surface area (Å²) in [5.74, 6) is 1.28. The molecule has 0 unspecified atom stereocenters. The van der Waals surface area contributed by atoms with Gasteiger partial charge in [0.1, 0.15) is 18.2 Å². The first kappa shape index (κ1) is 23.2. The maximum absolute atomic E-state index is 13.2. The molecule has 0 aromatic heterocycles. The molecule has 0 atom stereocenters. The van der Waals surface area contributed by atoms with E-state index in [0.717, 1.165) is 23.4 Å². The summed E-state index contributed by atoms with van der Waals surface area (Å²) in [4.78, 5) is 6.28. The minimum absolute atomic E-state index is 0. The molecule has 0 heterocycles. The van der Waals surface area contributed by atoms with E-state index in [-0.39, 0.29) is 29.8 Å². The fourth-order valence-corrected chi connectivity index (χ4v) is 2.33. The standard InChI is InChI=1S/C20H27FN4O.HI/c1-22-20(23-14-16-6-4-8-18(21)12-16)24-15-17-7-5-9-19(13-17)26-11-10-25(2)3;/h4-9,12-13H,10-11,14-15H2,1-3H3,(H2,22,23,24);1H. The lowest BCUT2D eigenvalue weighted by atomic mass is 10.2. The number of guanidine groups is 1. The van der Waals surface area contributed by atoms with E-state index in [2.05, 4.69) is 20.5 Å². The Bertz CT molecular complexity index is 725. The maximum Gasteiger partial charge on any atom is 0.191 e. The van der Waals surface area contributed by atoms with E-state index in [0.29, 0.717) is 25.7 Å². The highest BCUT2D eigenvalue weighted by Crippen LogP contribution is 2.13. The third kappa shape index (κ3) is 9.05. The van der Waals surface area contributed by atoms with Crippen molar-refractivity contribution in [3.05, 3.63) is 65.5 Å². The second-order valence-corrected chi connectivity index (χ2v) is 6.21. The van der Waals surface area contributed by atoms with Crippen molar-refractivity contribution < 1.29 is 9.13 Å². The van der Waals surface area contributed by atoms with E-state index < -0.39 is 0 Å². The first-order valence-electron chi connectivity index (χ1n) is 8.62. The predicted molar refractivity (Wildman–Crippen MR) is 119 cm³/mol. The first-order valence-corrected chi connectivity index (χ1v) is 8.62. The second kappa shape index (κ2) is 12.5. The molecular formula is C20H28FIN4O. The van der Waals surface area contributed by atoms with Gasteiger partial charge in [0.15, 0.2) is 5.96 Å². The number of hydrogen-bond acceptors (Lipinski definition) is 3. The average Bonchev–Trinajstić information content (AvgIpc) is 2.62. The SMILES string of the molecule is CN=C(NCc1cccc(F)c1)NCc1cccc(OCCN(C)C)c1.I. The van der Waals surface area contributed by atoms with Crippen molar-refractivity contribution in [2.75, 3.05) is 34.3 Å². The lowest BCUT2D eigenvalue weighted by Gasteiger charge is -2.14. The summed E-state index contributed by atoms with van der Waals surface area (Å²) in [6.07, 6.45) is 0. The lowest BCUT2D eigenvalue weighted by molar-refractivity contribution is 0.261. The number of halogens is 2.